The second-order valence-electron chi connectivity index (χ2n) is 6.10. The fraction of sp³-hybridized carbons (Fsp3) is 0.562. The quantitative estimate of drug-likeness (QED) is 0.593. The van der Waals surface area contributed by atoms with Gasteiger partial charge in [0, 0.05) is 0 Å². The first kappa shape index (κ1) is 16.2. The van der Waals surface area contributed by atoms with Crippen LogP contribution in [0.5, 0.6) is 5.75 Å². The van der Waals surface area contributed by atoms with E-state index in [-0.39, 0.29) is 25.2 Å². The molecule has 23 heavy (non-hydrogen) atoms. The van der Waals surface area contributed by atoms with Crippen molar-refractivity contribution in [3.63, 3.8) is 0 Å². The lowest BCUT2D eigenvalue weighted by Crippen LogP contribution is -2.43. The van der Waals surface area contributed by atoms with Crippen molar-refractivity contribution < 1.29 is 19.1 Å². The van der Waals surface area contributed by atoms with Gasteiger partial charge in [-0.05, 0) is 59.7 Å². The highest BCUT2D eigenvalue weighted by Crippen LogP contribution is 2.31. The summed E-state index contributed by atoms with van der Waals surface area (Å²) in [6.45, 7) is 1.99. The summed E-state index contributed by atoms with van der Waals surface area (Å²) in [5.41, 5.74) is 0. The molecule has 0 aromatic carbocycles. The molecule has 0 saturated heterocycles. The van der Waals surface area contributed by atoms with Gasteiger partial charge in [-0.25, -0.2) is 4.98 Å². The van der Waals surface area contributed by atoms with E-state index in [4.69, 9.17) is 9.47 Å². The van der Waals surface area contributed by atoms with Crippen molar-refractivity contribution in [2.45, 2.75) is 38.7 Å². The first-order valence-electron chi connectivity index (χ1n) is 7.82. The third kappa shape index (κ3) is 3.83. The molecule has 0 radical (unpaired) electrons. The Morgan fingerprint density at radius 3 is 2.87 bits per heavy atom. The Labute approximate surface area is 143 Å². The number of pyridine rings is 1. The average molecular weight is 383 g/mol. The highest BCUT2D eigenvalue weighted by atomic mass is 79.9. The molecule has 3 rings (SSSR count). The van der Waals surface area contributed by atoms with E-state index in [1.165, 1.54) is 4.90 Å². The minimum absolute atomic E-state index is 0.0372. The zero-order valence-corrected chi connectivity index (χ0v) is 14.5. The van der Waals surface area contributed by atoms with Gasteiger partial charge < -0.3 is 9.47 Å². The number of hydrogen-bond acceptors (Lipinski definition) is 5. The molecule has 2 heterocycles. The number of hydrogen-bond donors (Lipinski definition) is 0. The van der Waals surface area contributed by atoms with E-state index in [2.05, 4.69) is 27.8 Å². The molecule has 6 nitrogen and oxygen atoms in total. The number of rotatable bonds is 3. The van der Waals surface area contributed by atoms with Crippen LogP contribution >= 0.6 is 15.9 Å². The van der Waals surface area contributed by atoms with Crippen LogP contribution in [0.25, 0.3) is 0 Å². The number of fused-ring (bicyclic) bond motifs is 1. The maximum atomic E-state index is 12.2. The van der Waals surface area contributed by atoms with Crippen LogP contribution in [0.2, 0.25) is 0 Å². The van der Waals surface area contributed by atoms with E-state index >= 15 is 0 Å². The van der Waals surface area contributed by atoms with Crippen LogP contribution in [0.3, 0.4) is 0 Å². The Morgan fingerprint density at radius 2 is 2.13 bits per heavy atom. The summed E-state index contributed by atoms with van der Waals surface area (Å²) >= 11 is 3.27. The maximum absolute atomic E-state index is 12.2. The Hall–Kier alpha value is -1.63. The average Bonchev–Trinajstić information content (AvgIpc) is 2.52. The molecule has 1 fully saturated rings. The Balaban J connectivity index is 1.66. The molecule has 7 heteroatoms. The highest BCUT2D eigenvalue weighted by molar-refractivity contribution is 9.10. The third-order valence-corrected chi connectivity index (χ3v) is 4.70. The molecule has 0 bridgehead atoms. The number of carbonyl (C=O) groups is 2. The number of carbonyl (C=O) groups excluding carboxylic acids is 2. The van der Waals surface area contributed by atoms with Gasteiger partial charge >= 0.3 is 5.97 Å². The van der Waals surface area contributed by atoms with Gasteiger partial charge in [0.25, 0.3) is 5.91 Å². The summed E-state index contributed by atoms with van der Waals surface area (Å²) in [5.74, 6) is 0.848. The van der Waals surface area contributed by atoms with Gasteiger partial charge in [-0.3, -0.25) is 14.5 Å². The maximum Gasteiger partial charge on any atom is 0.326 e. The van der Waals surface area contributed by atoms with Crippen LogP contribution in [0.15, 0.2) is 16.7 Å². The number of aromatic nitrogens is 1. The molecule has 1 saturated carbocycles. The molecule has 1 aliphatic carbocycles. The Morgan fingerprint density at radius 1 is 1.39 bits per heavy atom. The molecule has 2 aliphatic rings. The van der Waals surface area contributed by atoms with Gasteiger partial charge in [-0.2, -0.15) is 0 Å². The van der Waals surface area contributed by atoms with Crippen LogP contribution in [-0.2, 0) is 14.3 Å². The smallest absolute Gasteiger partial charge is 0.326 e. The van der Waals surface area contributed by atoms with E-state index in [9.17, 15) is 9.59 Å². The predicted molar refractivity (Wildman–Crippen MR) is 87.3 cm³/mol. The number of halogens is 1. The van der Waals surface area contributed by atoms with Gasteiger partial charge in [-0.15, -0.1) is 0 Å². The van der Waals surface area contributed by atoms with E-state index in [1.54, 1.807) is 12.1 Å². The summed E-state index contributed by atoms with van der Waals surface area (Å²) in [5, 5.41) is 0. The van der Waals surface area contributed by atoms with E-state index in [0.29, 0.717) is 22.1 Å². The van der Waals surface area contributed by atoms with Gasteiger partial charge in [0.2, 0.25) is 0 Å². The van der Waals surface area contributed by atoms with Crippen molar-refractivity contribution in [3.05, 3.63) is 16.7 Å². The molecule has 1 aromatic rings. The molecule has 0 N–H and O–H groups in total. The standard InChI is InChI=1S/C16H19BrN2O4/c1-10-2-4-11(5-3-10)23-15(21)8-19-14(20)9-22-12-6-7-13(17)18-16(12)19/h6-7,10-11H,2-5,8-9H2,1H3. The van der Waals surface area contributed by atoms with Gasteiger partial charge in [0.15, 0.2) is 18.2 Å². The van der Waals surface area contributed by atoms with Crippen LogP contribution < -0.4 is 9.64 Å². The van der Waals surface area contributed by atoms with Crippen molar-refractivity contribution in [2.75, 3.05) is 18.1 Å². The van der Waals surface area contributed by atoms with Crippen molar-refractivity contribution in [1.82, 2.24) is 4.98 Å². The molecule has 1 aromatic heterocycles. The largest absolute Gasteiger partial charge is 0.480 e. The van der Waals surface area contributed by atoms with Crippen LogP contribution in [0.1, 0.15) is 32.6 Å². The highest BCUT2D eigenvalue weighted by Gasteiger charge is 2.30. The lowest BCUT2D eigenvalue weighted by atomic mass is 9.89. The second-order valence-corrected chi connectivity index (χ2v) is 6.91. The first-order valence-corrected chi connectivity index (χ1v) is 8.61. The summed E-state index contributed by atoms with van der Waals surface area (Å²) in [6, 6.07) is 3.45. The van der Waals surface area contributed by atoms with E-state index in [1.807, 2.05) is 0 Å². The number of nitrogens with zero attached hydrogens (tertiary/aromatic N) is 2. The molecular weight excluding hydrogens is 364 g/mol. The van der Waals surface area contributed by atoms with Crippen molar-refractivity contribution in [3.8, 4) is 5.75 Å². The third-order valence-electron chi connectivity index (χ3n) is 4.26. The zero-order chi connectivity index (χ0) is 16.4. The summed E-state index contributed by atoms with van der Waals surface area (Å²) < 4.78 is 11.4. The monoisotopic (exact) mass is 382 g/mol. The van der Waals surface area contributed by atoms with Crippen LogP contribution in [0.4, 0.5) is 5.82 Å². The lowest BCUT2D eigenvalue weighted by Gasteiger charge is -2.29. The number of anilines is 1. The fourth-order valence-electron chi connectivity index (χ4n) is 2.92. The molecule has 124 valence electrons. The molecular formula is C16H19BrN2O4. The van der Waals surface area contributed by atoms with Gasteiger partial charge in [0.1, 0.15) is 17.3 Å². The lowest BCUT2D eigenvalue weighted by molar-refractivity contribution is -0.150. The van der Waals surface area contributed by atoms with Crippen molar-refractivity contribution in [1.29, 1.82) is 0 Å². The van der Waals surface area contributed by atoms with Crippen LogP contribution in [-0.4, -0.2) is 36.1 Å². The Kier molecular flexibility index (Phi) is 4.84. The van der Waals surface area contributed by atoms with E-state index in [0.717, 1.165) is 25.7 Å². The Bertz CT molecular complexity index is 614. The number of ether oxygens (including phenoxy) is 2. The number of esters is 1. The fourth-order valence-corrected chi connectivity index (χ4v) is 3.22. The number of amides is 1. The summed E-state index contributed by atoms with van der Waals surface area (Å²) in [7, 11) is 0. The van der Waals surface area contributed by atoms with E-state index < -0.39 is 5.97 Å². The molecule has 1 aliphatic heterocycles. The minimum Gasteiger partial charge on any atom is -0.480 e. The second kappa shape index (κ2) is 6.86. The van der Waals surface area contributed by atoms with Crippen molar-refractivity contribution >= 4 is 33.6 Å². The summed E-state index contributed by atoms with van der Waals surface area (Å²) in [6.07, 6.45) is 3.90. The predicted octanol–water partition coefficient (Wildman–Crippen LogP) is 2.69. The normalized spacial score (nSPS) is 23.9. The van der Waals surface area contributed by atoms with Gasteiger partial charge in [0.05, 0.1) is 0 Å². The SMILES string of the molecule is CC1CCC(OC(=O)CN2C(=O)COc3ccc(Br)nc32)CC1. The zero-order valence-electron chi connectivity index (χ0n) is 13.0. The minimum atomic E-state index is -0.396. The van der Waals surface area contributed by atoms with Crippen molar-refractivity contribution in [2.24, 2.45) is 5.92 Å². The molecule has 0 unspecified atom stereocenters. The topological polar surface area (TPSA) is 68.7 Å². The first-order chi connectivity index (χ1) is 11.0. The molecule has 0 spiro atoms. The van der Waals surface area contributed by atoms with Crippen LogP contribution in [0, 0.1) is 5.92 Å². The molecule has 0 atom stereocenters. The summed E-state index contributed by atoms with van der Waals surface area (Å²) in [4.78, 5) is 29.9. The molecule has 1 amide bonds. The van der Waals surface area contributed by atoms with Gasteiger partial charge in [-0.1, -0.05) is 6.92 Å².